The minimum absolute atomic E-state index is 0.0225. The number of hydrogen-bond donors (Lipinski definition) is 1. The number of likely N-dealkylation sites (tertiary alicyclic amines) is 1. The van der Waals surface area contributed by atoms with Gasteiger partial charge in [0.1, 0.15) is 9.84 Å². The summed E-state index contributed by atoms with van der Waals surface area (Å²) in [6.07, 6.45) is 4.59. The largest absolute Gasteiger partial charge is 0.341 e. The van der Waals surface area contributed by atoms with E-state index in [1.54, 1.807) is 4.90 Å². The highest BCUT2D eigenvalue weighted by Gasteiger charge is 2.26. The van der Waals surface area contributed by atoms with Crippen molar-refractivity contribution in [2.45, 2.75) is 38.6 Å². The van der Waals surface area contributed by atoms with E-state index in [4.69, 9.17) is 5.73 Å². The molecule has 5 nitrogen and oxygen atoms in total. The monoisotopic (exact) mass is 276 g/mol. The summed E-state index contributed by atoms with van der Waals surface area (Å²) in [7, 11) is -3.05. The van der Waals surface area contributed by atoms with Crippen molar-refractivity contribution in [1.82, 2.24) is 4.90 Å². The van der Waals surface area contributed by atoms with E-state index in [9.17, 15) is 13.2 Å². The normalized spacial score (nSPS) is 19.8. The van der Waals surface area contributed by atoms with E-state index in [0.29, 0.717) is 5.92 Å². The van der Waals surface area contributed by atoms with Gasteiger partial charge in [0.05, 0.1) is 11.8 Å². The summed E-state index contributed by atoms with van der Waals surface area (Å²) in [6.45, 7) is 3.67. The highest BCUT2D eigenvalue weighted by atomic mass is 32.2. The highest BCUT2D eigenvalue weighted by Crippen LogP contribution is 2.20. The van der Waals surface area contributed by atoms with Crippen LogP contribution in [0.1, 0.15) is 32.6 Å². The second-order valence-corrected chi connectivity index (χ2v) is 7.46. The van der Waals surface area contributed by atoms with Crippen LogP contribution in [0.25, 0.3) is 0 Å². The molecule has 0 aromatic heterocycles. The maximum Gasteiger partial charge on any atom is 0.239 e. The average molecular weight is 276 g/mol. The number of hydrogen-bond acceptors (Lipinski definition) is 4. The fourth-order valence-electron chi connectivity index (χ4n) is 2.26. The molecule has 1 aliphatic rings. The van der Waals surface area contributed by atoms with Crippen molar-refractivity contribution >= 4 is 15.7 Å². The average Bonchev–Trinajstić information content (AvgIpc) is 2.34. The summed E-state index contributed by atoms with van der Waals surface area (Å²) in [5.41, 5.74) is 5.77. The number of amides is 1. The van der Waals surface area contributed by atoms with Crippen molar-refractivity contribution < 1.29 is 13.2 Å². The maximum absolute atomic E-state index is 12.0. The van der Waals surface area contributed by atoms with E-state index in [-0.39, 0.29) is 18.1 Å². The van der Waals surface area contributed by atoms with Gasteiger partial charge in [-0.1, -0.05) is 13.3 Å². The molecular weight excluding hydrogens is 252 g/mol. The molecule has 1 fully saturated rings. The van der Waals surface area contributed by atoms with Crippen LogP contribution >= 0.6 is 0 Å². The van der Waals surface area contributed by atoms with Gasteiger partial charge >= 0.3 is 0 Å². The third-order valence-electron chi connectivity index (χ3n) is 3.62. The van der Waals surface area contributed by atoms with Gasteiger partial charge in [0, 0.05) is 19.3 Å². The van der Waals surface area contributed by atoms with Crippen molar-refractivity contribution in [3.63, 3.8) is 0 Å². The van der Waals surface area contributed by atoms with Crippen LogP contribution in [0.4, 0.5) is 0 Å². The Balaban J connectivity index is 2.40. The molecule has 0 saturated carbocycles. The van der Waals surface area contributed by atoms with Crippen LogP contribution in [-0.2, 0) is 14.6 Å². The first-order valence-corrected chi connectivity index (χ1v) is 8.61. The molecule has 18 heavy (non-hydrogen) atoms. The van der Waals surface area contributed by atoms with Crippen LogP contribution < -0.4 is 5.73 Å². The third kappa shape index (κ3) is 4.94. The van der Waals surface area contributed by atoms with E-state index in [2.05, 4.69) is 6.92 Å². The number of piperidine rings is 1. The van der Waals surface area contributed by atoms with E-state index in [0.717, 1.165) is 38.6 Å². The maximum atomic E-state index is 12.0. The minimum Gasteiger partial charge on any atom is -0.341 e. The zero-order valence-corrected chi connectivity index (χ0v) is 12.1. The van der Waals surface area contributed by atoms with E-state index in [1.165, 1.54) is 0 Å². The predicted octanol–water partition coefficient (Wildman–Crippen LogP) is 0.397. The molecule has 0 spiro atoms. The second-order valence-electron chi connectivity index (χ2n) is 5.20. The van der Waals surface area contributed by atoms with E-state index < -0.39 is 15.9 Å². The van der Waals surface area contributed by atoms with Gasteiger partial charge in [-0.05, 0) is 25.2 Å². The fourth-order valence-corrected chi connectivity index (χ4v) is 2.94. The third-order valence-corrected chi connectivity index (χ3v) is 4.60. The molecule has 1 aliphatic heterocycles. The SMILES string of the molecule is CCC1CCN(C(=O)C(N)CCS(C)(=O)=O)CC1. The number of carbonyl (C=O) groups excluding carboxylic acids is 1. The molecule has 0 aromatic rings. The number of carbonyl (C=O) groups is 1. The quantitative estimate of drug-likeness (QED) is 0.788. The molecule has 0 bridgehead atoms. The predicted molar refractivity (Wildman–Crippen MR) is 71.9 cm³/mol. The van der Waals surface area contributed by atoms with Crippen molar-refractivity contribution in [3.05, 3.63) is 0 Å². The molecule has 1 atom stereocenters. The Bertz CT molecular complexity index is 373. The number of rotatable bonds is 5. The van der Waals surface area contributed by atoms with Gasteiger partial charge in [0.15, 0.2) is 0 Å². The molecular formula is C12H24N2O3S. The summed E-state index contributed by atoms with van der Waals surface area (Å²) in [5, 5.41) is 0. The zero-order valence-electron chi connectivity index (χ0n) is 11.3. The van der Waals surface area contributed by atoms with Gasteiger partial charge in [0.2, 0.25) is 5.91 Å². The minimum atomic E-state index is -3.05. The van der Waals surface area contributed by atoms with Gasteiger partial charge < -0.3 is 10.6 Å². The topological polar surface area (TPSA) is 80.5 Å². The van der Waals surface area contributed by atoms with Gasteiger partial charge in [-0.3, -0.25) is 4.79 Å². The lowest BCUT2D eigenvalue weighted by molar-refractivity contribution is -0.134. The molecule has 0 aromatic carbocycles. The van der Waals surface area contributed by atoms with E-state index >= 15 is 0 Å². The Kier molecular flexibility index (Phi) is 5.59. The lowest BCUT2D eigenvalue weighted by atomic mass is 9.94. The van der Waals surface area contributed by atoms with Crippen LogP contribution in [0.2, 0.25) is 0 Å². The van der Waals surface area contributed by atoms with Crippen LogP contribution in [-0.4, -0.2) is 50.4 Å². The first-order valence-electron chi connectivity index (χ1n) is 6.55. The van der Waals surface area contributed by atoms with Crippen molar-refractivity contribution in [2.24, 2.45) is 11.7 Å². The summed E-state index contributed by atoms with van der Waals surface area (Å²) < 4.78 is 22.1. The fraction of sp³-hybridized carbons (Fsp3) is 0.917. The Labute approximate surface area is 110 Å². The van der Waals surface area contributed by atoms with Gasteiger partial charge in [-0.2, -0.15) is 0 Å². The summed E-state index contributed by atoms with van der Waals surface area (Å²) in [4.78, 5) is 13.8. The number of nitrogens with two attached hydrogens (primary N) is 1. The molecule has 1 unspecified atom stereocenters. The van der Waals surface area contributed by atoms with Crippen LogP contribution in [0, 0.1) is 5.92 Å². The first kappa shape index (κ1) is 15.4. The lowest BCUT2D eigenvalue weighted by Crippen LogP contribution is -2.47. The molecule has 6 heteroatoms. The Morgan fingerprint density at radius 3 is 2.39 bits per heavy atom. The smallest absolute Gasteiger partial charge is 0.239 e. The molecule has 0 aliphatic carbocycles. The van der Waals surface area contributed by atoms with Crippen LogP contribution in [0.3, 0.4) is 0 Å². The van der Waals surface area contributed by atoms with Gasteiger partial charge in [-0.15, -0.1) is 0 Å². The second kappa shape index (κ2) is 6.52. The summed E-state index contributed by atoms with van der Waals surface area (Å²) >= 11 is 0. The van der Waals surface area contributed by atoms with Gasteiger partial charge in [0.25, 0.3) is 0 Å². The van der Waals surface area contributed by atoms with Crippen molar-refractivity contribution in [1.29, 1.82) is 0 Å². The molecule has 1 heterocycles. The molecule has 0 radical (unpaired) electrons. The molecule has 1 saturated heterocycles. The number of sulfone groups is 1. The van der Waals surface area contributed by atoms with E-state index in [1.807, 2.05) is 0 Å². The molecule has 2 N–H and O–H groups in total. The zero-order chi connectivity index (χ0) is 13.8. The molecule has 106 valence electrons. The van der Waals surface area contributed by atoms with Crippen LogP contribution in [0.5, 0.6) is 0 Å². The van der Waals surface area contributed by atoms with Crippen molar-refractivity contribution in [2.75, 3.05) is 25.1 Å². The first-order chi connectivity index (χ1) is 8.33. The lowest BCUT2D eigenvalue weighted by Gasteiger charge is -2.33. The number of nitrogens with zero attached hydrogens (tertiary/aromatic N) is 1. The molecule has 1 amide bonds. The standard InChI is InChI=1S/C12H24N2O3S/c1-3-10-4-7-14(8-5-10)12(15)11(13)6-9-18(2,16)17/h10-11H,3-9,13H2,1-2H3. The Morgan fingerprint density at radius 1 is 1.39 bits per heavy atom. The Hall–Kier alpha value is -0.620. The van der Waals surface area contributed by atoms with Crippen molar-refractivity contribution in [3.8, 4) is 0 Å². The summed E-state index contributed by atoms with van der Waals surface area (Å²) in [6, 6.07) is -0.682. The van der Waals surface area contributed by atoms with Crippen LogP contribution in [0.15, 0.2) is 0 Å². The van der Waals surface area contributed by atoms with Gasteiger partial charge in [-0.25, -0.2) is 8.42 Å². The summed E-state index contributed by atoms with van der Waals surface area (Å²) in [5.74, 6) is 0.584. The Morgan fingerprint density at radius 2 is 1.94 bits per heavy atom. The molecule has 1 rings (SSSR count). The highest BCUT2D eigenvalue weighted by molar-refractivity contribution is 7.90.